The first kappa shape index (κ1) is 16.8. The van der Waals surface area contributed by atoms with Crippen molar-refractivity contribution in [2.75, 3.05) is 20.8 Å². The highest BCUT2D eigenvalue weighted by Gasteiger charge is 2.22. The fourth-order valence-corrected chi connectivity index (χ4v) is 2.03. The van der Waals surface area contributed by atoms with Crippen LogP contribution in [0, 0.1) is 0 Å². The fourth-order valence-electron chi connectivity index (χ4n) is 1.71. The van der Waals surface area contributed by atoms with Gasteiger partial charge in [0.25, 0.3) is 0 Å². The molecule has 0 bridgehead atoms. The molecule has 1 atom stereocenters. The van der Waals surface area contributed by atoms with E-state index < -0.39 is 4.83 Å². The molecule has 0 heterocycles. The van der Waals surface area contributed by atoms with E-state index in [0.29, 0.717) is 0 Å². The van der Waals surface area contributed by atoms with Gasteiger partial charge in [-0.1, -0.05) is 36.7 Å². The molecule has 0 radical (unpaired) electrons. The van der Waals surface area contributed by atoms with Crippen LogP contribution < -0.4 is 9.47 Å². The predicted octanol–water partition coefficient (Wildman–Crippen LogP) is 3.31. The lowest BCUT2D eigenvalue weighted by Crippen LogP contribution is -2.24. The van der Waals surface area contributed by atoms with Crippen LogP contribution in [0.15, 0.2) is 18.2 Å². The molecule has 0 saturated carbocycles. The lowest BCUT2D eigenvalue weighted by Gasteiger charge is -2.24. The normalized spacial score (nSPS) is 12.7. The Morgan fingerprint density at radius 2 is 1.95 bits per heavy atom. The minimum atomic E-state index is -0.484. The molecule has 0 aliphatic rings. The highest BCUT2D eigenvalue weighted by molar-refractivity contribution is 9.10. The fraction of sp³-hybridized carbons (Fsp3) is 0.533. The molecule has 0 aliphatic heterocycles. The van der Waals surface area contributed by atoms with Crippen LogP contribution in [-0.4, -0.2) is 31.6 Å². The summed E-state index contributed by atoms with van der Waals surface area (Å²) in [5, 5.41) is 0. The molecule has 20 heavy (non-hydrogen) atoms. The lowest BCUT2D eigenvalue weighted by atomic mass is 9.86. The summed E-state index contributed by atoms with van der Waals surface area (Å²) in [6.07, 6.45) is 0. The van der Waals surface area contributed by atoms with Gasteiger partial charge >= 0.3 is 5.97 Å². The Morgan fingerprint density at radius 1 is 1.30 bits per heavy atom. The molecule has 0 saturated heterocycles. The summed E-state index contributed by atoms with van der Waals surface area (Å²) in [5.74, 6) is 1.17. The van der Waals surface area contributed by atoms with Crippen LogP contribution in [0.3, 0.4) is 0 Å². The largest absolute Gasteiger partial charge is 0.497 e. The van der Waals surface area contributed by atoms with Crippen molar-refractivity contribution in [1.29, 1.82) is 0 Å². The van der Waals surface area contributed by atoms with Gasteiger partial charge in [0, 0.05) is 5.56 Å². The van der Waals surface area contributed by atoms with Crippen LogP contribution in [-0.2, 0) is 14.9 Å². The van der Waals surface area contributed by atoms with E-state index in [-0.39, 0.29) is 18.0 Å². The third kappa shape index (κ3) is 4.40. The van der Waals surface area contributed by atoms with E-state index >= 15 is 0 Å². The number of benzene rings is 1. The molecule has 1 unspecified atom stereocenters. The summed E-state index contributed by atoms with van der Waals surface area (Å²) in [7, 11) is 2.98. The zero-order chi connectivity index (χ0) is 15.3. The maximum Gasteiger partial charge on any atom is 0.322 e. The average molecular weight is 345 g/mol. The van der Waals surface area contributed by atoms with Crippen molar-refractivity contribution in [2.24, 2.45) is 0 Å². The Bertz CT molecular complexity index is 465. The van der Waals surface area contributed by atoms with Gasteiger partial charge in [-0.05, 0) is 23.6 Å². The van der Waals surface area contributed by atoms with Crippen molar-refractivity contribution in [1.82, 2.24) is 0 Å². The number of methoxy groups -OCH3 is 2. The zero-order valence-corrected chi connectivity index (χ0v) is 14.1. The first-order chi connectivity index (χ1) is 9.29. The summed E-state index contributed by atoms with van der Waals surface area (Å²) in [5.41, 5.74) is 0.943. The molecule has 112 valence electrons. The molecule has 1 rings (SSSR count). The van der Waals surface area contributed by atoms with Crippen LogP contribution in [0.5, 0.6) is 11.5 Å². The van der Waals surface area contributed by atoms with E-state index in [9.17, 15) is 4.79 Å². The molecule has 1 aromatic rings. The third-order valence-corrected chi connectivity index (χ3v) is 3.48. The van der Waals surface area contributed by atoms with Gasteiger partial charge in [-0.2, -0.15) is 0 Å². The van der Waals surface area contributed by atoms with Gasteiger partial charge in [-0.3, -0.25) is 4.79 Å². The first-order valence-electron chi connectivity index (χ1n) is 6.32. The molecule has 0 fully saturated rings. The Labute approximate surface area is 128 Å². The van der Waals surface area contributed by atoms with E-state index in [2.05, 4.69) is 41.4 Å². The number of carbonyl (C=O) groups excluding carboxylic acids is 1. The van der Waals surface area contributed by atoms with Gasteiger partial charge in [0.15, 0.2) is 0 Å². The quantitative estimate of drug-likeness (QED) is 0.607. The number of halogens is 1. The van der Waals surface area contributed by atoms with Crippen LogP contribution in [0.1, 0.15) is 26.3 Å². The minimum Gasteiger partial charge on any atom is -0.497 e. The number of hydrogen-bond donors (Lipinski definition) is 0. The topological polar surface area (TPSA) is 44.8 Å². The SMILES string of the molecule is COC(=O)C(Br)COc1ccc(OC)cc1C(C)(C)C. The number of esters is 1. The van der Waals surface area contributed by atoms with Crippen molar-refractivity contribution in [3.63, 3.8) is 0 Å². The number of alkyl halides is 1. The molecule has 1 aromatic carbocycles. The second-order valence-corrected chi connectivity index (χ2v) is 6.52. The Morgan fingerprint density at radius 3 is 2.45 bits per heavy atom. The third-order valence-electron chi connectivity index (χ3n) is 2.84. The van der Waals surface area contributed by atoms with Crippen LogP contribution in [0.2, 0.25) is 0 Å². The standard InChI is InChI=1S/C15H21BrO4/c1-15(2,3)11-8-10(18-4)6-7-13(11)20-9-12(16)14(17)19-5/h6-8,12H,9H2,1-5H3. The van der Waals surface area contributed by atoms with E-state index in [4.69, 9.17) is 9.47 Å². The lowest BCUT2D eigenvalue weighted by molar-refractivity contribution is -0.140. The summed E-state index contributed by atoms with van der Waals surface area (Å²) >= 11 is 3.24. The van der Waals surface area contributed by atoms with Crippen molar-refractivity contribution in [3.8, 4) is 11.5 Å². The highest BCUT2D eigenvalue weighted by Crippen LogP contribution is 2.34. The van der Waals surface area contributed by atoms with Crippen molar-refractivity contribution < 1.29 is 19.0 Å². The van der Waals surface area contributed by atoms with Crippen molar-refractivity contribution in [2.45, 2.75) is 31.0 Å². The Hall–Kier alpha value is -1.23. The van der Waals surface area contributed by atoms with Crippen LogP contribution in [0.25, 0.3) is 0 Å². The average Bonchev–Trinajstić information content (AvgIpc) is 2.42. The Balaban J connectivity index is 2.92. The van der Waals surface area contributed by atoms with Gasteiger partial charge in [0.1, 0.15) is 22.9 Å². The van der Waals surface area contributed by atoms with Crippen LogP contribution >= 0.6 is 15.9 Å². The highest BCUT2D eigenvalue weighted by atomic mass is 79.9. The van der Waals surface area contributed by atoms with Crippen molar-refractivity contribution in [3.05, 3.63) is 23.8 Å². The minimum absolute atomic E-state index is 0.0864. The van der Waals surface area contributed by atoms with Gasteiger partial charge in [-0.25, -0.2) is 0 Å². The van der Waals surface area contributed by atoms with E-state index in [1.165, 1.54) is 7.11 Å². The predicted molar refractivity (Wildman–Crippen MR) is 81.9 cm³/mol. The monoisotopic (exact) mass is 344 g/mol. The smallest absolute Gasteiger partial charge is 0.322 e. The summed E-state index contributed by atoms with van der Waals surface area (Å²) in [6, 6.07) is 5.65. The zero-order valence-electron chi connectivity index (χ0n) is 12.5. The molecule has 0 spiro atoms. The summed E-state index contributed by atoms with van der Waals surface area (Å²) in [6.45, 7) is 6.50. The number of ether oxygens (including phenoxy) is 3. The molecule has 0 amide bonds. The van der Waals surface area contributed by atoms with Gasteiger partial charge in [-0.15, -0.1) is 0 Å². The first-order valence-corrected chi connectivity index (χ1v) is 7.24. The van der Waals surface area contributed by atoms with E-state index in [0.717, 1.165) is 17.1 Å². The second-order valence-electron chi connectivity index (χ2n) is 5.41. The number of rotatable bonds is 5. The van der Waals surface area contributed by atoms with Gasteiger partial charge in [0.2, 0.25) is 0 Å². The molecule has 0 N–H and O–H groups in total. The maximum atomic E-state index is 11.3. The maximum absolute atomic E-state index is 11.3. The van der Waals surface area contributed by atoms with E-state index in [1.807, 2.05) is 18.2 Å². The summed E-state index contributed by atoms with van der Waals surface area (Å²) in [4.78, 5) is 10.9. The van der Waals surface area contributed by atoms with Crippen molar-refractivity contribution >= 4 is 21.9 Å². The second kappa shape index (κ2) is 6.97. The Kier molecular flexibility index (Phi) is 5.87. The van der Waals surface area contributed by atoms with Gasteiger partial charge < -0.3 is 14.2 Å². The number of carbonyl (C=O) groups is 1. The number of hydrogen-bond acceptors (Lipinski definition) is 4. The molecular formula is C15H21BrO4. The van der Waals surface area contributed by atoms with Gasteiger partial charge in [0.05, 0.1) is 14.2 Å². The molecule has 0 aromatic heterocycles. The molecule has 0 aliphatic carbocycles. The molecular weight excluding hydrogens is 324 g/mol. The summed E-state index contributed by atoms with van der Waals surface area (Å²) < 4.78 is 15.6. The van der Waals surface area contributed by atoms with E-state index in [1.54, 1.807) is 7.11 Å². The molecule has 5 heteroatoms. The molecule has 4 nitrogen and oxygen atoms in total. The van der Waals surface area contributed by atoms with Crippen LogP contribution in [0.4, 0.5) is 0 Å².